The quantitative estimate of drug-likeness (QED) is 0.737. The maximum atomic E-state index is 12.9. The molecule has 1 heterocycles. The van der Waals surface area contributed by atoms with E-state index in [9.17, 15) is 13.2 Å². The van der Waals surface area contributed by atoms with Crippen molar-refractivity contribution in [1.82, 2.24) is 9.21 Å². The van der Waals surface area contributed by atoms with Gasteiger partial charge in [-0.3, -0.25) is 4.79 Å². The van der Waals surface area contributed by atoms with Crippen molar-refractivity contribution in [3.05, 3.63) is 57.5 Å². The number of piperazine rings is 1. The fourth-order valence-corrected chi connectivity index (χ4v) is 5.64. The summed E-state index contributed by atoms with van der Waals surface area (Å²) in [4.78, 5) is 13.9. The van der Waals surface area contributed by atoms with E-state index in [1.54, 1.807) is 29.2 Å². The average molecular weight is 463 g/mol. The lowest BCUT2D eigenvalue weighted by atomic mass is 10.3. The van der Waals surface area contributed by atoms with E-state index in [-0.39, 0.29) is 53.6 Å². The Morgan fingerprint density at radius 3 is 2.07 bits per heavy atom. The Balaban J connectivity index is 1.61. The molecule has 0 aromatic heterocycles. The van der Waals surface area contributed by atoms with Crippen molar-refractivity contribution in [2.24, 2.45) is 0 Å². The summed E-state index contributed by atoms with van der Waals surface area (Å²) < 4.78 is 27.1. The van der Waals surface area contributed by atoms with Crippen LogP contribution in [0.1, 0.15) is 0 Å². The molecule has 0 bridgehead atoms. The van der Waals surface area contributed by atoms with E-state index < -0.39 is 10.0 Å². The summed E-state index contributed by atoms with van der Waals surface area (Å²) in [5, 5.41) is 3.69. The number of carbonyl (C=O) groups is 1. The molecule has 2 aromatic carbocycles. The molecule has 1 N–H and O–H groups in total. The first-order valence-electron chi connectivity index (χ1n) is 8.51. The predicted octanol–water partition coefficient (Wildman–Crippen LogP) is 3.59. The lowest BCUT2D eigenvalue weighted by molar-refractivity contribution is -0.130. The van der Waals surface area contributed by atoms with Gasteiger partial charge in [-0.1, -0.05) is 53.0 Å². The first-order valence-corrected chi connectivity index (χ1v) is 11.1. The van der Waals surface area contributed by atoms with Crippen LogP contribution in [0.3, 0.4) is 0 Å². The van der Waals surface area contributed by atoms with Crippen molar-refractivity contribution in [1.29, 1.82) is 0 Å². The van der Waals surface area contributed by atoms with Gasteiger partial charge >= 0.3 is 0 Å². The Morgan fingerprint density at radius 2 is 1.46 bits per heavy atom. The van der Waals surface area contributed by atoms with Crippen LogP contribution in [0.15, 0.2) is 47.4 Å². The summed E-state index contributed by atoms with van der Waals surface area (Å²) >= 11 is 18.2. The highest BCUT2D eigenvalue weighted by atomic mass is 35.5. The van der Waals surface area contributed by atoms with Crippen LogP contribution in [0.4, 0.5) is 5.69 Å². The molecule has 28 heavy (non-hydrogen) atoms. The second-order valence-electron chi connectivity index (χ2n) is 6.17. The zero-order valence-electron chi connectivity index (χ0n) is 14.7. The van der Waals surface area contributed by atoms with Crippen LogP contribution in [0.2, 0.25) is 15.1 Å². The van der Waals surface area contributed by atoms with Crippen molar-refractivity contribution in [3.63, 3.8) is 0 Å². The molecule has 10 heteroatoms. The molecule has 1 saturated heterocycles. The van der Waals surface area contributed by atoms with Crippen LogP contribution in [0, 0.1) is 0 Å². The van der Waals surface area contributed by atoms with Crippen LogP contribution in [0.25, 0.3) is 0 Å². The van der Waals surface area contributed by atoms with Gasteiger partial charge in [-0.15, -0.1) is 0 Å². The molecule has 1 fully saturated rings. The van der Waals surface area contributed by atoms with E-state index >= 15 is 0 Å². The molecule has 0 radical (unpaired) electrons. The summed E-state index contributed by atoms with van der Waals surface area (Å²) in [5.41, 5.74) is 0.673. The first kappa shape index (κ1) is 21.2. The third-order valence-electron chi connectivity index (χ3n) is 4.41. The third kappa shape index (κ3) is 4.55. The Kier molecular flexibility index (Phi) is 6.73. The van der Waals surface area contributed by atoms with Gasteiger partial charge in [-0.2, -0.15) is 4.31 Å². The number of halogens is 3. The molecule has 0 aliphatic carbocycles. The molecule has 1 aliphatic heterocycles. The van der Waals surface area contributed by atoms with Crippen molar-refractivity contribution in [2.45, 2.75) is 4.90 Å². The third-order valence-corrected chi connectivity index (χ3v) is 7.60. The Labute approximate surface area is 179 Å². The normalized spacial score (nSPS) is 15.5. The number of hydrogen-bond acceptors (Lipinski definition) is 4. The number of anilines is 1. The van der Waals surface area contributed by atoms with Gasteiger partial charge in [0.05, 0.1) is 27.3 Å². The second-order valence-corrected chi connectivity index (χ2v) is 9.27. The van der Waals surface area contributed by atoms with Gasteiger partial charge in [0, 0.05) is 26.2 Å². The molecule has 6 nitrogen and oxygen atoms in total. The van der Waals surface area contributed by atoms with E-state index in [0.29, 0.717) is 10.7 Å². The zero-order valence-corrected chi connectivity index (χ0v) is 17.8. The van der Waals surface area contributed by atoms with Gasteiger partial charge in [0.15, 0.2) is 0 Å². The van der Waals surface area contributed by atoms with Crippen LogP contribution in [-0.2, 0) is 14.8 Å². The maximum Gasteiger partial charge on any atom is 0.246 e. The lowest BCUT2D eigenvalue weighted by Gasteiger charge is -2.34. The fourth-order valence-electron chi connectivity index (χ4n) is 2.92. The minimum atomic E-state index is -3.83. The summed E-state index contributed by atoms with van der Waals surface area (Å²) in [6.45, 7) is 0.977. The first-order chi connectivity index (χ1) is 13.3. The summed E-state index contributed by atoms with van der Waals surface area (Å²) in [6, 6.07) is 11.7. The molecule has 1 amide bonds. The van der Waals surface area contributed by atoms with Crippen LogP contribution < -0.4 is 5.32 Å². The monoisotopic (exact) mass is 461 g/mol. The number of benzene rings is 2. The van der Waals surface area contributed by atoms with E-state index in [1.807, 2.05) is 6.07 Å². The largest absolute Gasteiger partial charge is 0.375 e. The molecule has 0 saturated carbocycles. The van der Waals surface area contributed by atoms with E-state index in [2.05, 4.69) is 5.32 Å². The standard InChI is InChI=1S/C18H18Cl3N3O3S/c19-13-4-1-2-7-16(13)22-12-17(25)23-8-10-24(11-9-23)28(26,27)18-14(20)5-3-6-15(18)21/h1-7,22H,8-12H2. The van der Waals surface area contributed by atoms with Crippen molar-refractivity contribution >= 4 is 56.4 Å². The van der Waals surface area contributed by atoms with Crippen molar-refractivity contribution in [2.75, 3.05) is 38.0 Å². The van der Waals surface area contributed by atoms with E-state index in [1.165, 1.54) is 16.4 Å². The number of carbonyl (C=O) groups excluding carboxylic acids is 1. The number of sulfonamides is 1. The summed E-state index contributed by atoms with van der Waals surface area (Å²) in [7, 11) is -3.83. The minimum Gasteiger partial charge on any atom is -0.375 e. The number of amides is 1. The fraction of sp³-hybridized carbons (Fsp3) is 0.278. The Bertz CT molecular complexity index is 957. The molecule has 150 valence electrons. The van der Waals surface area contributed by atoms with Gasteiger partial charge in [-0.05, 0) is 24.3 Å². The maximum absolute atomic E-state index is 12.9. The molecule has 0 spiro atoms. The average Bonchev–Trinajstić information content (AvgIpc) is 2.67. The highest BCUT2D eigenvalue weighted by Crippen LogP contribution is 2.31. The summed E-state index contributed by atoms with van der Waals surface area (Å²) in [6.07, 6.45) is 0. The highest BCUT2D eigenvalue weighted by Gasteiger charge is 2.32. The van der Waals surface area contributed by atoms with E-state index in [4.69, 9.17) is 34.8 Å². The number of rotatable bonds is 5. The van der Waals surface area contributed by atoms with Crippen molar-refractivity contribution < 1.29 is 13.2 Å². The van der Waals surface area contributed by atoms with Gasteiger partial charge in [0.2, 0.25) is 15.9 Å². The Hall–Kier alpha value is -1.51. The number of nitrogens with zero attached hydrogens (tertiary/aromatic N) is 2. The van der Waals surface area contributed by atoms with Crippen molar-refractivity contribution in [3.8, 4) is 0 Å². The second kappa shape index (κ2) is 8.88. The van der Waals surface area contributed by atoms with Crippen LogP contribution in [-0.4, -0.2) is 56.3 Å². The van der Waals surface area contributed by atoms with Gasteiger partial charge in [0.25, 0.3) is 0 Å². The molecule has 2 aromatic rings. The lowest BCUT2D eigenvalue weighted by Crippen LogP contribution is -2.51. The Morgan fingerprint density at radius 1 is 0.893 bits per heavy atom. The minimum absolute atomic E-state index is 0.0762. The van der Waals surface area contributed by atoms with Gasteiger partial charge in [0.1, 0.15) is 4.90 Å². The molecule has 0 unspecified atom stereocenters. The molecule has 0 atom stereocenters. The summed E-state index contributed by atoms with van der Waals surface area (Å²) in [5.74, 6) is -0.132. The highest BCUT2D eigenvalue weighted by molar-refractivity contribution is 7.89. The smallest absolute Gasteiger partial charge is 0.246 e. The number of hydrogen-bond donors (Lipinski definition) is 1. The van der Waals surface area contributed by atoms with E-state index in [0.717, 1.165) is 0 Å². The van der Waals surface area contributed by atoms with Gasteiger partial charge in [-0.25, -0.2) is 8.42 Å². The number of para-hydroxylation sites is 1. The molecular weight excluding hydrogens is 445 g/mol. The number of nitrogens with one attached hydrogen (secondary N) is 1. The molecular formula is C18H18Cl3N3O3S. The predicted molar refractivity (Wildman–Crippen MR) is 112 cm³/mol. The van der Waals surface area contributed by atoms with Crippen LogP contribution in [0.5, 0.6) is 0 Å². The topological polar surface area (TPSA) is 69.7 Å². The molecule has 3 rings (SSSR count). The van der Waals surface area contributed by atoms with Crippen LogP contribution >= 0.6 is 34.8 Å². The zero-order chi connectivity index (χ0) is 20.3. The van der Waals surface area contributed by atoms with Gasteiger partial charge < -0.3 is 10.2 Å². The SMILES string of the molecule is O=C(CNc1ccccc1Cl)N1CCN(S(=O)(=O)c2c(Cl)cccc2Cl)CC1. The molecule has 1 aliphatic rings.